The molecule has 0 aliphatic heterocycles. The van der Waals surface area contributed by atoms with Gasteiger partial charge in [0.05, 0.1) is 17.6 Å². The summed E-state index contributed by atoms with van der Waals surface area (Å²) in [4.78, 5) is 5.01. The van der Waals surface area contributed by atoms with Crippen LogP contribution in [0.2, 0.25) is 0 Å². The number of aryl methyl sites for hydroxylation is 2. The predicted octanol–water partition coefficient (Wildman–Crippen LogP) is 5.86. The van der Waals surface area contributed by atoms with Crippen LogP contribution < -0.4 is 4.74 Å². The molecule has 0 spiro atoms. The van der Waals surface area contributed by atoms with Crippen LogP contribution in [-0.2, 0) is 6.54 Å². The molecule has 2 aromatic carbocycles. The van der Waals surface area contributed by atoms with Gasteiger partial charge in [0.25, 0.3) is 0 Å². The lowest BCUT2D eigenvalue weighted by Gasteiger charge is -2.22. The maximum Gasteiger partial charge on any atom is 0.119 e. The number of fused-ring (bicyclic) bond motifs is 1. The Kier molecular flexibility index (Phi) is 5.24. The van der Waals surface area contributed by atoms with Gasteiger partial charge in [-0.3, -0.25) is 0 Å². The molecule has 1 aromatic heterocycles. The van der Waals surface area contributed by atoms with Gasteiger partial charge in [-0.1, -0.05) is 43.5 Å². The third-order valence-corrected chi connectivity index (χ3v) is 5.44. The predicted molar refractivity (Wildman–Crippen MR) is 107 cm³/mol. The molecule has 4 rings (SSSR count). The van der Waals surface area contributed by atoms with Crippen molar-refractivity contribution in [2.45, 2.75) is 57.9 Å². The third-order valence-electron chi connectivity index (χ3n) is 5.44. The number of nitrogens with zero attached hydrogens (tertiary/aromatic N) is 2. The molecular weight excluding hydrogens is 320 g/mol. The van der Waals surface area contributed by atoms with Crippen molar-refractivity contribution in [3.63, 3.8) is 0 Å². The quantitative estimate of drug-likeness (QED) is 0.522. The topological polar surface area (TPSA) is 27.1 Å². The number of para-hydroxylation sites is 2. The fourth-order valence-corrected chi connectivity index (χ4v) is 4.12. The Hall–Kier alpha value is -2.29. The minimum absolute atomic E-state index is 0.619. The molecule has 1 aliphatic rings. The van der Waals surface area contributed by atoms with Gasteiger partial charge in [0.1, 0.15) is 11.6 Å². The van der Waals surface area contributed by atoms with Crippen LogP contribution in [-0.4, -0.2) is 16.2 Å². The number of aromatic nitrogens is 2. The van der Waals surface area contributed by atoms with E-state index >= 15 is 0 Å². The Labute approximate surface area is 156 Å². The number of ether oxygens (including phenoxy) is 1. The molecule has 3 heteroatoms. The summed E-state index contributed by atoms with van der Waals surface area (Å²) in [5, 5.41) is 0. The number of benzene rings is 2. The second kappa shape index (κ2) is 7.94. The van der Waals surface area contributed by atoms with Crippen molar-refractivity contribution >= 4 is 11.0 Å². The van der Waals surface area contributed by atoms with E-state index in [0.717, 1.165) is 30.8 Å². The Balaban J connectivity index is 1.47. The molecule has 0 bridgehead atoms. The summed E-state index contributed by atoms with van der Waals surface area (Å²) in [7, 11) is 0. The van der Waals surface area contributed by atoms with Crippen molar-refractivity contribution in [1.82, 2.24) is 9.55 Å². The Morgan fingerprint density at radius 2 is 1.88 bits per heavy atom. The average Bonchev–Trinajstić information content (AvgIpc) is 3.05. The van der Waals surface area contributed by atoms with Crippen LogP contribution in [0.15, 0.2) is 48.5 Å². The van der Waals surface area contributed by atoms with Crippen LogP contribution in [0.1, 0.15) is 55.8 Å². The summed E-state index contributed by atoms with van der Waals surface area (Å²) in [5.41, 5.74) is 3.64. The molecule has 1 saturated carbocycles. The number of rotatable bonds is 6. The van der Waals surface area contributed by atoms with Gasteiger partial charge in [0.2, 0.25) is 0 Å². The van der Waals surface area contributed by atoms with Crippen molar-refractivity contribution in [2.24, 2.45) is 0 Å². The van der Waals surface area contributed by atoms with Gasteiger partial charge in [0.15, 0.2) is 0 Å². The first kappa shape index (κ1) is 17.1. The summed E-state index contributed by atoms with van der Waals surface area (Å²) in [6.45, 7) is 3.80. The van der Waals surface area contributed by atoms with Gasteiger partial charge in [-0.25, -0.2) is 4.98 Å². The minimum atomic E-state index is 0.619. The summed E-state index contributed by atoms with van der Waals surface area (Å²) >= 11 is 0. The van der Waals surface area contributed by atoms with E-state index in [0.29, 0.717) is 5.92 Å². The SMILES string of the molecule is Cc1cccc(OCCCn2c(C3CCCCC3)nc3ccccc32)c1. The first-order valence-electron chi connectivity index (χ1n) is 9.96. The molecular formula is C23H28N2O. The smallest absolute Gasteiger partial charge is 0.119 e. The molecule has 1 heterocycles. The summed E-state index contributed by atoms with van der Waals surface area (Å²) in [6.07, 6.45) is 7.61. The molecule has 0 amide bonds. The van der Waals surface area contributed by atoms with E-state index in [9.17, 15) is 0 Å². The fraction of sp³-hybridized carbons (Fsp3) is 0.435. The largest absolute Gasteiger partial charge is 0.494 e. The van der Waals surface area contributed by atoms with Gasteiger partial charge < -0.3 is 9.30 Å². The highest BCUT2D eigenvalue weighted by atomic mass is 16.5. The number of hydrogen-bond donors (Lipinski definition) is 0. The van der Waals surface area contributed by atoms with Crippen LogP contribution in [0.3, 0.4) is 0 Å². The number of imidazole rings is 1. The summed E-state index contributed by atoms with van der Waals surface area (Å²) in [6, 6.07) is 16.8. The lowest BCUT2D eigenvalue weighted by Crippen LogP contribution is -2.13. The second-order valence-electron chi connectivity index (χ2n) is 7.46. The normalized spacial score (nSPS) is 15.4. The zero-order chi connectivity index (χ0) is 17.8. The maximum absolute atomic E-state index is 5.95. The van der Waals surface area contributed by atoms with Crippen LogP contribution >= 0.6 is 0 Å². The van der Waals surface area contributed by atoms with E-state index in [1.807, 2.05) is 6.07 Å². The Bertz CT molecular complexity index is 862. The van der Waals surface area contributed by atoms with Crippen molar-refractivity contribution in [3.8, 4) is 5.75 Å². The van der Waals surface area contributed by atoms with E-state index < -0.39 is 0 Å². The lowest BCUT2D eigenvalue weighted by molar-refractivity contribution is 0.300. The zero-order valence-electron chi connectivity index (χ0n) is 15.7. The van der Waals surface area contributed by atoms with Gasteiger partial charge in [-0.2, -0.15) is 0 Å². The molecule has 3 aromatic rings. The molecule has 0 radical (unpaired) electrons. The van der Waals surface area contributed by atoms with E-state index in [1.54, 1.807) is 0 Å². The average molecular weight is 348 g/mol. The Morgan fingerprint density at radius 3 is 2.73 bits per heavy atom. The zero-order valence-corrected chi connectivity index (χ0v) is 15.7. The maximum atomic E-state index is 5.95. The van der Waals surface area contributed by atoms with Crippen molar-refractivity contribution in [2.75, 3.05) is 6.61 Å². The van der Waals surface area contributed by atoms with Crippen molar-refractivity contribution < 1.29 is 4.74 Å². The molecule has 0 N–H and O–H groups in total. The van der Waals surface area contributed by atoms with Gasteiger partial charge in [0, 0.05) is 12.5 Å². The molecule has 26 heavy (non-hydrogen) atoms. The van der Waals surface area contributed by atoms with Gasteiger partial charge in [-0.15, -0.1) is 0 Å². The summed E-state index contributed by atoms with van der Waals surface area (Å²) < 4.78 is 8.40. The molecule has 1 aliphatic carbocycles. The molecule has 0 atom stereocenters. The van der Waals surface area contributed by atoms with Crippen LogP contribution in [0.5, 0.6) is 5.75 Å². The van der Waals surface area contributed by atoms with Gasteiger partial charge in [-0.05, 0) is 56.0 Å². The number of hydrogen-bond acceptors (Lipinski definition) is 2. The molecule has 136 valence electrons. The van der Waals surface area contributed by atoms with E-state index in [2.05, 4.69) is 54.0 Å². The Morgan fingerprint density at radius 1 is 1.04 bits per heavy atom. The second-order valence-corrected chi connectivity index (χ2v) is 7.46. The van der Waals surface area contributed by atoms with E-state index in [-0.39, 0.29) is 0 Å². The van der Waals surface area contributed by atoms with Crippen LogP contribution in [0.25, 0.3) is 11.0 Å². The standard InChI is InChI=1S/C23H28N2O/c1-18-9-7-12-20(17-18)26-16-8-15-25-22-14-6-5-13-21(22)24-23(25)19-10-3-2-4-11-19/h5-7,9,12-14,17,19H,2-4,8,10-11,15-16H2,1H3. The van der Waals surface area contributed by atoms with Crippen molar-refractivity contribution in [3.05, 3.63) is 59.9 Å². The third kappa shape index (κ3) is 3.77. The van der Waals surface area contributed by atoms with E-state index in [4.69, 9.17) is 9.72 Å². The molecule has 1 fully saturated rings. The highest BCUT2D eigenvalue weighted by Crippen LogP contribution is 2.34. The molecule has 0 unspecified atom stereocenters. The van der Waals surface area contributed by atoms with Crippen molar-refractivity contribution in [1.29, 1.82) is 0 Å². The van der Waals surface area contributed by atoms with Crippen LogP contribution in [0, 0.1) is 6.92 Å². The first-order valence-corrected chi connectivity index (χ1v) is 9.96. The first-order chi connectivity index (χ1) is 12.8. The van der Waals surface area contributed by atoms with Gasteiger partial charge >= 0.3 is 0 Å². The fourth-order valence-electron chi connectivity index (χ4n) is 4.12. The monoisotopic (exact) mass is 348 g/mol. The highest BCUT2D eigenvalue weighted by molar-refractivity contribution is 5.76. The minimum Gasteiger partial charge on any atom is -0.494 e. The summed E-state index contributed by atoms with van der Waals surface area (Å²) in [5.74, 6) is 2.88. The molecule has 3 nitrogen and oxygen atoms in total. The van der Waals surface area contributed by atoms with E-state index in [1.165, 1.54) is 49.0 Å². The highest BCUT2D eigenvalue weighted by Gasteiger charge is 2.22. The molecule has 0 saturated heterocycles. The van der Waals surface area contributed by atoms with Crippen LogP contribution in [0.4, 0.5) is 0 Å². The lowest BCUT2D eigenvalue weighted by atomic mass is 9.88.